The van der Waals surface area contributed by atoms with Crippen molar-refractivity contribution in [1.82, 2.24) is 15.1 Å². The van der Waals surface area contributed by atoms with Crippen molar-refractivity contribution in [1.29, 1.82) is 0 Å². The minimum atomic E-state index is 0.357. The van der Waals surface area contributed by atoms with E-state index in [4.69, 9.17) is 0 Å². The predicted molar refractivity (Wildman–Crippen MR) is 89.4 cm³/mol. The van der Waals surface area contributed by atoms with Crippen molar-refractivity contribution >= 4 is 0 Å². The van der Waals surface area contributed by atoms with Crippen molar-refractivity contribution in [2.24, 2.45) is 0 Å². The van der Waals surface area contributed by atoms with Crippen LogP contribution in [0.3, 0.4) is 0 Å². The summed E-state index contributed by atoms with van der Waals surface area (Å²) in [5.74, 6) is 0. The van der Waals surface area contributed by atoms with Crippen LogP contribution in [0.5, 0.6) is 0 Å². The van der Waals surface area contributed by atoms with E-state index in [-0.39, 0.29) is 0 Å². The Labute approximate surface area is 128 Å². The maximum atomic E-state index is 4.54. The van der Waals surface area contributed by atoms with Gasteiger partial charge in [0.05, 0.1) is 6.20 Å². The molecule has 1 N–H and O–H groups in total. The fourth-order valence-electron chi connectivity index (χ4n) is 2.74. The van der Waals surface area contributed by atoms with Crippen LogP contribution in [0.25, 0.3) is 11.1 Å². The second kappa shape index (κ2) is 7.41. The summed E-state index contributed by atoms with van der Waals surface area (Å²) in [5, 5.41) is 8.12. The van der Waals surface area contributed by atoms with Crippen molar-refractivity contribution in [2.75, 3.05) is 6.54 Å². The standard InChI is InChI=1S/C18H27N3/c1-5-11-19-14(3)16-9-7-8-10-17(16)18-13-20-21(12-6-2)15(18)4/h7-10,13-14,19H,5-6,11-12H2,1-4H3. The molecule has 0 radical (unpaired) electrons. The third kappa shape index (κ3) is 3.53. The molecular weight excluding hydrogens is 258 g/mol. The number of hydrogen-bond acceptors (Lipinski definition) is 2. The molecule has 2 rings (SSSR count). The molecule has 1 aromatic heterocycles. The summed E-state index contributed by atoms with van der Waals surface area (Å²) < 4.78 is 2.11. The van der Waals surface area contributed by atoms with Gasteiger partial charge in [0, 0.05) is 23.8 Å². The number of benzene rings is 1. The van der Waals surface area contributed by atoms with Gasteiger partial charge in [-0.2, -0.15) is 5.10 Å². The number of nitrogens with one attached hydrogen (secondary N) is 1. The normalized spacial score (nSPS) is 12.6. The smallest absolute Gasteiger partial charge is 0.0571 e. The summed E-state index contributed by atoms with van der Waals surface area (Å²) in [4.78, 5) is 0. The highest BCUT2D eigenvalue weighted by molar-refractivity contribution is 5.69. The van der Waals surface area contributed by atoms with Crippen molar-refractivity contribution < 1.29 is 0 Å². The molecule has 1 atom stereocenters. The first kappa shape index (κ1) is 15.8. The van der Waals surface area contributed by atoms with Gasteiger partial charge in [-0.1, -0.05) is 38.1 Å². The molecular formula is C18H27N3. The van der Waals surface area contributed by atoms with Crippen LogP contribution in [0, 0.1) is 6.92 Å². The van der Waals surface area contributed by atoms with Crippen LogP contribution < -0.4 is 5.32 Å². The Hall–Kier alpha value is -1.61. The molecule has 0 spiro atoms. The second-order valence-electron chi connectivity index (χ2n) is 5.63. The van der Waals surface area contributed by atoms with E-state index in [1.165, 1.54) is 22.4 Å². The zero-order valence-electron chi connectivity index (χ0n) is 13.7. The molecule has 0 aliphatic rings. The van der Waals surface area contributed by atoms with Gasteiger partial charge in [-0.25, -0.2) is 0 Å². The molecule has 0 fully saturated rings. The first-order chi connectivity index (χ1) is 10.2. The second-order valence-corrected chi connectivity index (χ2v) is 5.63. The lowest BCUT2D eigenvalue weighted by Crippen LogP contribution is -2.19. The minimum absolute atomic E-state index is 0.357. The SMILES string of the molecule is CCCNC(C)c1ccccc1-c1cnn(CCC)c1C. The van der Waals surface area contributed by atoms with E-state index in [0.29, 0.717) is 6.04 Å². The molecule has 0 saturated heterocycles. The van der Waals surface area contributed by atoms with E-state index < -0.39 is 0 Å². The van der Waals surface area contributed by atoms with Gasteiger partial charge in [0.1, 0.15) is 0 Å². The summed E-state index contributed by atoms with van der Waals surface area (Å²) in [7, 11) is 0. The highest BCUT2D eigenvalue weighted by atomic mass is 15.3. The molecule has 114 valence electrons. The lowest BCUT2D eigenvalue weighted by atomic mass is 9.96. The van der Waals surface area contributed by atoms with Crippen molar-refractivity contribution in [3.63, 3.8) is 0 Å². The Bertz CT molecular complexity index is 572. The number of rotatable bonds is 7. The fourth-order valence-corrected chi connectivity index (χ4v) is 2.74. The van der Waals surface area contributed by atoms with Gasteiger partial charge in [-0.15, -0.1) is 0 Å². The van der Waals surface area contributed by atoms with Crippen LogP contribution in [0.1, 0.15) is 50.9 Å². The zero-order valence-corrected chi connectivity index (χ0v) is 13.7. The van der Waals surface area contributed by atoms with Gasteiger partial charge in [-0.3, -0.25) is 4.68 Å². The van der Waals surface area contributed by atoms with Crippen molar-refractivity contribution in [3.8, 4) is 11.1 Å². The third-order valence-electron chi connectivity index (χ3n) is 3.96. The van der Waals surface area contributed by atoms with Gasteiger partial charge in [0.15, 0.2) is 0 Å². The lowest BCUT2D eigenvalue weighted by molar-refractivity contribution is 0.571. The zero-order chi connectivity index (χ0) is 15.2. The summed E-state index contributed by atoms with van der Waals surface area (Å²) in [6.45, 7) is 10.8. The minimum Gasteiger partial charge on any atom is -0.310 e. The third-order valence-corrected chi connectivity index (χ3v) is 3.96. The van der Waals surface area contributed by atoms with Crippen molar-refractivity contribution in [3.05, 3.63) is 41.7 Å². The molecule has 2 aromatic rings. The van der Waals surface area contributed by atoms with Crippen molar-refractivity contribution in [2.45, 2.75) is 53.1 Å². The highest BCUT2D eigenvalue weighted by Gasteiger charge is 2.15. The first-order valence-corrected chi connectivity index (χ1v) is 8.04. The maximum absolute atomic E-state index is 4.54. The van der Waals surface area contributed by atoms with Crippen LogP contribution in [0.4, 0.5) is 0 Å². The monoisotopic (exact) mass is 285 g/mol. The van der Waals surface area contributed by atoms with Crippen LogP contribution in [0.15, 0.2) is 30.5 Å². The number of aromatic nitrogens is 2. The van der Waals surface area contributed by atoms with E-state index in [9.17, 15) is 0 Å². The average Bonchev–Trinajstić information content (AvgIpc) is 2.86. The summed E-state index contributed by atoms with van der Waals surface area (Å²) >= 11 is 0. The molecule has 1 unspecified atom stereocenters. The fraction of sp³-hybridized carbons (Fsp3) is 0.500. The molecule has 0 aliphatic heterocycles. The van der Waals surface area contributed by atoms with Gasteiger partial charge in [-0.05, 0) is 44.4 Å². The van der Waals surface area contributed by atoms with Crippen LogP contribution in [-0.2, 0) is 6.54 Å². The van der Waals surface area contributed by atoms with Crippen LogP contribution in [-0.4, -0.2) is 16.3 Å². The van der Waals surface area contributed by atoms with E-state index >= 15 is 0 Å². The molecule has 1 aromatic carbocycles. The maximum Gasteiger partial charge on any atom is 0.0571 e. The average molecular weight is 285 g/mol. The highest BCUT2D eigenvalue weighted by Crippen LogP contribution is 2.30. The molecule has 1 heterocycles. The topological polar surface area (TPSA) is 29.9 Å². The number of hydrogen-bond donors (Lipinski definition) is 1. The van der Waals surface area contributed by atoms with E-state index in [2.05, 4.69) is 67.1 Å². The molecule has 21 heavy (non-hydrogen) atoms. The van der Waals surface area contributed by atoms with Gasteiger partial charge in [0.2, 0.25) is 0 Å². The quantitative estimate of drug-likeness (QED) is 0.820. The van der Waals surface area contributed by atoms with E-state index in [1.807, 2.05) is 6.20 Å². The Morgan fingerprint density at radius 1 is 1.14 bits per heavy atom. The molecule has 3 heteroatoms. The van der Waals surface area contributed by atoms with E-state index in [0.717, 1.165) is 25.9 Å². The predicted octanol–water partition coefficient (Wildman–Crippen LogP) is 4.33. The van der Waals surface area contributed by atoms with Crippen LogP contribution >= 0.6 is 0 Å². The van der Waals surface area contributed by atoms with Gasteiger partial charge < -0.3 is 5.32 Å². The summed E-state index contributed by atoms with van der Waals surface area (Å²) in [6.07, 6.45) is 4.27. The van der Waals surface area contributed by atoms with Gasteiger partial charge >= 0.3 is 0 Å². The molecule has 0 aliphatic carbocycles. The van der Waals surface area contributed by atoms with Gasteiger partial charge in [0.25, 0.3) is 0 Å². The molecule has 0 amide bonds. The lowest BCUT2D eigenvalue weighted by Gasteiger charge is -2.18. The molecule has 0 bridgehead atoms. The molecule has 0 saturated carbocycles. The van der Waals surface area contributed by atoms with Crippen LogP contribution in [0.2, 0.25) is 0 Å². The largest absolute Gasteiger partial charge is 0.310 e. The number of nitrogens with zero attached hydrogens (tertiary/aromatic N) is 2. The Morgan fingerprint density at radius 3 is 2.62 bits per heavy atom. The Balaban J connectivity index is 2.35. The first-order valence-electron chi connectivity index (χ1n) is 8.04. The Morgan fingerprint density at radius 2 is 1.90 bits per heavy atom. The summed E-state index contributed by atoms with van der Waals surface area (Å²) in [5.41, 5.74) is 5.16. The molecule has 3 nitrogen and oxygen atoms in total. The Kier molecular flexibility index (Phi) is 5.57. The summed E-state index contributed by atoms with van der Waals surface area (Å²) in [6, 6.07) is 9.02. The van der Waals surface area contributed by atoms with E-state index in [1.54, 1.807) is 0 Å². The number of aryl methyl sites for hydroxylation is 1.